The minimum absolute atomic E-state index is 0.0103. The number of carbonyl (C=O) groups excluding carboxylic acids is 1. The molecular weight excluding hydrogens is 342 g/mol. The van der Waals surface area contributed by atoms with Crippen LogP contribution in [-0.4, -0.2) is 38.9 Å². The van der Waals surface area contributed by atoms with Crippen LogP contribution in [0.15, 0.2) is 18.2 Å². The van der Waals surface area contributed by atoms with Crippen LogP contribution in [0.4, 0.5) is 5.69 Å². The summed E-state index contributed by atoms with van der Waals surface area (Å²) in [5.41, 5.74) is 2.10. The van der Waals surface area contributed by atoms with Gasteiger partial charge in [0.1, 0.15) is 12.2 Å². The number of benzene rings is 1. The minimum Gasteiger partial charge on any atom is -0.493 e. The molecule has 5 heteroatoms. The Morgan fingerprint density at radius 1 is 1.33 bits per heavy atom. The van der Waals surface area contributed by atoms with Crippen molar-refractivity contribution in [3.63, 3.8) is 0 Å². The summed E-state index contributed by atoms with van der Waals surface area (Å²) in [5.74, 6) is 1.39. The standard InChI is InChI=1S/C22H31NO4/c1-5-15(6-2)22(24)27-17-9-10-18-19-11-12-20(25-4)21(18)26-16(14-17)8-7-13-23(19)3/h9-12,15-17H,5-8,13-14H2,1-4H3/b10-9-/t16?,17-/m0/s1. The van der Waals surface area contributed by atoms with Crippen LogP contribution in [0.25, 0.3) is 6.08 Å². The molecule has 0 saturated carbocycles. The lowest BCUT2D eigenvalue weighted by molar-refractivity contribution is -0.153. The summed E-state index contributed by atoms with van der Waals surface area (Å²) in [6.07, 6.45) is 7.97. The van der Waals surface area contributed by atoms with Gasteiger partial charge in [-0.2, -0.15) is 0 Å². The van der Waals surface area contributed by atoms with E-state index in [-0.39, 0.29) is 24.1 Å². The van der Waals surface area contributed by atoms with Crippen molar-refractivity contribution in [2.75, 3.05) is 25.6 Å². The summed E-state index contributed by atoms with van der Waals surface area (Å²) >= 11 is 0. The first-order valence-corrected chi connectivity index (χ1v) is 10.0. The van der Waals surface area contributed by atoms with Crippen LogP contribution < -0.4 is 14.4 Å². The summed E-state index contributed by atoms with van der Waals surface area (Å²) in [5, 5.41) is 0. The van der Waals surface area contributed by atoms with E-state index in [9.17, 15) is 4.79 Å². The molecule has 1 aromatic carbocycles. The maximum absolute atomic E-state index is 12.5. The summed E-state index contributed by atoms with van der Waals surface area (Å²) in [4.78, 5) is 14.7. The van der Waals surface area contributed by atoms with E-state index in [1.807, 2.05) is 32.1 Å². The molecular formula is C22H31NO4. The molecule has 2 aliphatic heterocycles. The first-order valence-electron chi connectivity index (χ1n) is 10.0. The molecule has 0 N–H and O–H groups in total. The van der Waals surface area contributed by atoms with Crippen molar-refractivity contribution in [1.29, 1.82) is 0 Å². The molecule has 3 rings (SSSR count). The molecule has 0 aromatic heterocycles. The van der Waals surface area contributed by atoms with Gasteiger partial charge >= 0.3 is 5.97 Å². The lowest BCUT2D eigenvalue weighted by Crippen LogP contribution is -2.29. The Balaban J connectivity index is 1.96. The molecule has 1 unspecified atom stereocenters. The molecule has 1 aromatic rings. The molecule has 27 heavy (non-hydrogen) atoms. The second kappa shape index (κ2) is 8.68. The first-order chi connectivity index (χ1) is 13.1. The van der Waals surface area contributed by atoms with Crippen LogP contribution in [0.3, 0.4) is 0 Å². The van der Waals surface area contributed by atoms with Crippen LogP contribution >= 0.6 is 0 Å². The predicted molar refractivity (Wildman–Crippen MR) is 108 cm³/mol. The second-order valence-electron chi connectivity index (χ2n) is 7.42. The van der Waals surface area contributed by atoms with Crippen molar-refractivity contribution < 1.29 is 19.0 Å². The number of esters is 1. The second-order valence-corrected chi connectivity index (χ2v) is 7.42. The highest BCUT2D eigenvalue weighted by molar-refractivity contribution is 5.77. The molecule has 0 amide bonds. The van der Waals surface area contributed by atoms with E-state index in [0.717, 1.165) is 55.0 Å². The lowest BCUT2D eigenvalue weighted by atomic mass is 10.0. The average molecular weight is 373 g/mol. The Bertz CT molecular complexity index is 696. The number of methoxy groups -OCH3 is 1. The molecule has 148 valence electrons. The van der Waals surface area contributed by atoms with Gasteiger partial charge < -0.3 is 19.1 Å². The number of nitrogens with zero attached hydrogens (tertiary/aromatic N) is 1. The molecule has 0 radical (unpaired) electrons. The number of hydrogen-bond acceptors (Lipinski definition) is 5. The van der Waals surface area contributed by atoms with Gasteiger partial charge in [-0.05, 0) is 50.0 Å². The predicted octanol–water partition coefficient (Wildman–Crippen LogP) is 4.44. The molecule has 2 atom stereocenters. The van der Waals surface area contributed by atoms with E-state index < -0.39 is 0 Å². The monoisotopic (exact) mass is 373 g/mol. The van der Waals surface area contributed by atoms with Gasteiger partial charge in [-0.25, -0.2) is 0 Å². The maximum Gasteiger partial charge on any atom is 0.309 e. The quantitative estimate of drug-likeness (QED) is 0.714. The normalized spacial score (nSPS) is 22.8. The molecule has 5 nitrogen and oxygen atoms in total. The summed E-state index contributed by atoms with van der Waals surface area (Å²) in [6.45, 7) is 5.02. The topological polar surface area (TPSA) is 48.0 Å². The van der Waals surface area contributed by atoms with Gasteiger partial charge in [0.05, 0.1) is 13.0 Å². The van der Waals surface area contributed by atoms with Gasteiger partial charge in [-0.1, -0.05) is 13.8 Å². The number of ether oxygens (including phenoxy) is 3. The fourth-order valence-electron chi connectivity index (χ4n) is 3.91. The molecule has 0 fully saturated rings. The van der Waals surface area contributed by atoms with Crippen molar-refractivity contribution in [3.8, 4) is 11.5 Å². The average Bonchev–Trinajstić information content (AvgIpc) is 2.66. The fourth-order valence-corrected chi connectivity index (χ4v) is 3.91. The zero-order valence-corrected chi connectivity index (χ0v) is 16.9. The Kier molecular flexibility index (Phi) is 6.30. The number of hydrogen-bond donors (Lipinski definition) is 0. The Labute approximate surface area is 162 Å². The smallest absolute Gasteiger partial charge is 0.309 e. The maximum atomic E-state index is 12.5. The van der Waals surface area contributed by atoms with Gasteiger partial charge in [-0.3, -0.25) is 4.79 Å². The fraction of sp³-hybridized carbons (Fsp3) is 0.591. The van der Waals surface area contributed by atoms with Gasteiger partial charge in [-0.15, -0.1) is 0 Å². The number of anilines is 1. The van der Waals surface area contributed by atoms with Gasteiger partial charge in [0.15, 0.2) is 11.5 Å². The molecule has 0 saturated heterocycles. The highest BCUT2D eigenvalue weighted by atomic mass is 16.5. The summed E-state index contributed by atoms with van der Waals surface area (Å²) < 4.78 is 17.8. The van der Waals surface area contributed by atoms with E-state index in [0.29, 0.717) is 6.42 Å². The van der Waals surface area contributed by atoms with Crippen molar-refractivity contribution >= 4 is 17.7 Å². The summed E-state index contributed by atoms with van der Waals surface area (Å²) in [7, 11) is 3.77. The first kappa shape index (κ1) is 19.6. The number of rotatable bonds is 5. The van der Waals surface area contributed by atoms with Crippen LogP contribution in [0.1, 0.15) is 51.5 Å². The highest BCUT2D eigenvalue weighted by Crippen LogP contribution is 2.42. The number of fused-ring (bicyclic) bond motifs is 1. The number of carbonyl (C=O) groups is 1. The van der Waals surface area contributed by atoms with Crippen molar-refractivity contribution in [3.05, 3.63) is 23.8 Å². The summed E-state index contributed by atoms with van der Waals surface area (Å²) in [6, 6.07) is 4.03. The molecule has 0 spiro atoms. The highest BCUT2D eigenvalue weighted by Gasteiger charge is 2.28. The molecule has 4 bridgehead atoms. The zero-order valence-electron chi connectivity index (χ0n) is 16.9. The Morgan fingerprint density at radius 2 is 2.11 bits per heavy atom. The van der Waals surface area contributed by atoms with Crippen molar-refractivity contribution in [2.24, 2.45) is 5.92 Å². The molecule has 2 heterocycles. The van der Waals surface area contributed by atoms with Crippen LogP contribution in [0, 0.1) is 5.92 Å². The van der Waals surface area contributed by atoms with E-state index in [1.165, 1.54) is 0 Å². The largest absolute Gasteiger partial charge is 0.493 e. The zero-order chi connectivity index (χ0) is 19.4. The third kappa shape index (κ3) is 4.23. The van der Waals surface area contributed by atoms with E-state index in [4.69, 9.17) is 14.2 Å². The Hall–Kier alpha value is -2.17. The van der Waals surface area contributed by atoms with Crippen LogP contribution in [0.2, 0.25) is 0 Å². The molecule has 2 aliphatic rings. The van der Waals surface area contributed by atoms with E-state index in [1.54, 1.807) is 7.11 Å². The van der Waals surface area contributed by atoms with Gasteiger partial charge in [0.2, 0.25) is 0 Å². The lowest BCUT2D eigenvalue weighted by Gasteiger charge is -2.27. The van der Waals surface area contributed by atoms with Crippen LogP contribution in [-0.2, 0) is 9.53 Å². The van der Waals surface area contributed by atoms with Crippen LogP contribution in [0.5, 0.6) is 11.5 Å². The van der Waals surface area contributed by atoms with Crippen molar-refractivity contribution in [1.82, 2.24) is 0 Å². The third-order valence-electron chi connectivity index (χ3n) is 5.63. The van der Waals surface area contributed by atoms with E-state index >= 15 is 0 Å². The third-order valence-corrected chi connectivity index (χ3v) is 5.63. The minimum atomic E-state index is -0.265. The molecule has 0 aliphatic carbocycles. The van der Waals surface area contributed by atoms with Crippen molar-refractivity contribution in [2.45, 2.75) is 58.2 Å². The Morgan fingerprint density at radius 3 is 2.81 bits per heavy atom. The van der Waals surface area contributed by atoms with E-state index in [2.05, 4.69) is 18.0 Å². The SMILES string of the molecule is CCC(CC)C(=O)O[C@H]1/C=C\c2c3ccc(OC)c2OC(CCCN3C)C1. The van der Waals surface area contributed by atoms with Gasteiger partial charge in [0.25, 0.3) is 0 Å². The van der Waals surface area contributed by atoms with Gasteiger partial charge in [0, 0.05) is 31.3 Å².